The van der Waals surface area contributed by atoms with Crippen LogP contribution in [-0.2, 0) is 6.42 Å². The van der Waals surface area contributed by atoms with Gasteiger partial charge in [-0.1, -0.05) is 12.1 Å². The fourth-order valence-corrected chi connectivity index (χ4v) is 4.04. The van der Waals surface area contributed by atoms with Crippen molar-refractivity contribution in [2.24, 2.45) is 5.92 Å². The molecule has 2 aliphatic rings. The first-order chi connectivity index (χ1) is 13.7. The average molecular weight is 381 g/mol. The van der Waals surface area contributed by atoms with Crippen molar-refractivity contribution < 1.29 is 14.3 Å². The topological polar surface area (TPSA) is 63.7 Å². The Morgan fingerprint density at radius 3 is 2.89 bits per heavy atom. The number of carbonyl (C=O) groups is 1. The molecular formula is C22H27N3O3. The number of methoxy groups -OCH3 is 1. The van der Waals surface area contributed by atoms with Crippen molar-refractivity contribution in [3.05, 3.63) is 53.9 Å². The highest BCUT2D eigenvalue weighted by Gasteiger charge is 2.26. The molecule has 6 heteroatoms. The van der Waals surface area contributed by atoms with E-state index in [0.29, 0.717) is 24.1 Å². The zero-order valence-electron chi connectivity index (χ0n) is 16.3. The lowest BCUT2D eigenvalue weighted by molar-refractivity contribution is 0.0702. The number of carbonyl (C=O) groups excluding carboxylic acids is 1. The number of hydrogen-bond acceptors (Lipinski definition) is 5. The molecule has 4 rings (SSSR count). The molecule has 0 bridgehead atoms. The largest absolute Gasteiger partial charge is 0.493 e. The SMILES string of the molecule is COc1cccc2c1OCC(CNC1CCN(C(=O)c3cccnc3)CC1)C2. The lowest BCUT2D eigenvalue weighted by Crippen LogP contribution is -2.46. The first-order valence-corrected chi connectivity index (χ1v) is 9.96. The number of nitrogens with zero attached hydrogens (tertiary/aromatic N) is 2. The Kier molecular flexibility index (Phi) is 5.76. The highest BCUT2D eigenvalue weighted by Crippen LogP contribution is 2.35. The second-order valence-electron chi connectivity index (χ2n) is 7.55. The molecule has 1 fully saturated rings. The van der Waals surface area contributed by atoms with Gasteiger partial charge in [-0.15, -0.1) is 0 Å². The summed E-state index contributed by atoms with van der Waals surface area (Å²) in [6.07, 6.45) is 6.28. The molecule has 1 aromatic heterocycles. The van der Waals surface area contributed by atoms with E-state index in [1.165, 1.54) is 5.56 Å². The number of ether oxygens (including phenoxy) is 2. The highest BCUT2D eigenvalue weighted by molar-refractivity contribution is 5.93. The Labute approximate surface area is 165 Å². The highest BCUT2D eigenvalue weighted by atomic mass is 16.5. The van der Waals surface area contributed by atoms with Gasteiger partial charge in [0.2, 0.25) is 0 Å². The maximum absolute atomic E-state index is 12.5. The van der Waals surface area contributed by atoms with Gasteiger partial charge in [0.1, 0.15) is 0 Å². The molecule has 1 atom stereocenters. The van der Waals surface area contributed by atoms with Gasteiger partial charge in [-0.05, 0) is 43.0 Å². The van der Waals surface area contributed by atoms with Crippen LogP contribution in [0.4, 0.5) is 0 Å². The minimum Gasteiger partial charge on any atom is -0.493 e. The molecule has 1 saturated heterocycles. The number of fused-ring (bicyclic) bond motifs is 1. The van der Waals surface area contributed by atoms with Gasteiger partial charge in [-0.3, -0.25) is 9.78 Å². The zero-order valence-corrected chi connectivity index (χ0v) is 16.3. The van der Waals surface area contributed by atoms with Crippen LogP contribution < -0.4 is 14.8 Å². The standard InChI is InChI=1S/C22H27N3O3/c1-27-20-6-2-4-17-12-16(15-28-21(17)20)13-24-19-7-10-25(11-8-19)22(26)18-5-3-9-23-14-18/h2-6,9,14,16,19,24H,7-8,10-13,15H2,1H3. The van der Waals surface area contributed by atoms with Crippen LogP contribution in [0, 0.1) is 5.92 Å². The number of aromatic nitrogens is 1. The number of hydrogen-bond donors (Lipinski definition) is 1. The van der Waals surface area contributed by atoms with Crippen molar-refractivity contribution in [1.29, 1.82) is 0 Å². The normalized spacial score (nSPS) is 19.6. The van der Waals surface area contributed by atoms with E-state index in [-0.39, 0.29) is 5.91 Å². The molecule has 28 heavy (non-hydrogen) atoms. The zero-order chi connectivity index (χ0) is 19.3. The quantitative estimate of drug-likeness (QED) is 0.862. The molecule has 3 heterocycles. The molecule has 1 unspecified atom stereocenters. The van der Waals surface area contributed by atoms with Crippen molar-refractivity contribution in [1.82, 2.24) is 15.2 Å². The van der Waals surface area contributed by atoms with Crippen LogP contribution in [0.15, 0.2) is 42.7 Å². The van der Waals surface area contributed by atoms with Gasteiger partial charge in [0.15, 0.2) is 11.5 Å². The number of para-hydroxylation sites is 1. The van der Waals surface area contributed by atoms with Crippen LogP contribution >= 0.6 is 0 Å². The van der Waals surface area contributed by atoms with Crippen LogP contribution in [0.25, 0.3) is 0 Å². The van der Waals surface area contributed by atoms with Gasteiger partial charge in [0, 0.05) is 44.0 Å². The molecule has 2 aliphatic heterocycles. The predicted molar refractivity (Wildman–Crippen MR) is 107 cm³/mol. The van der Waals surface area contributed by atoms with Gasteiger partial charge in [-0.25, -0.2) is 0 Å². The van der Waals surface area contributed by atoms with Crippen LogP contribution in [0.3, 0.4) is 0 Å². The summed E-state index contributed by atoms with van der Waals surface area (Å²) < 4.78 is 11.4. The molecule has 1 N–H and O–H groups in total. The van der Waals surface area contributed by atoms with E-state index in [1.54, 1.807) is 19.5 Å². The minimum absolute atomic E-state index is 0.0813. The Bertz CT molecular complexity index is 804. The smallest absolute Gasteiger partial charge is 0.255 e. The summed E-state index contributed by atoms with van der Waals surface area (Å²) >= 11 is 0. The number of nitrogens with one attached hydrogen (secondary N) is 1. The van der Waals surface area contributed by atoms with Crippen molar-refractivity contribution in [2.75, 3.05) is 33.4 Å². The third-order valence-electron chi connectivity index (χ3n) is 5.64. The second-order valence-corrected chi connectivity index (χ2v) is 7.55. The fourth-order valence-electron chi connectivity index (χ4n) is 4.04. The number of piperidine rings is 1. The molecule has 2 aromatic rings. The van der Waals surface area contributed by atoms with Gasteiger partial charge in [0.05, 0.1) is 19.3 Å². The average Bonchev–Trinajstić information content (AvgIpc) is 2.77. The minimum atomic E-state index is 0.0813. The van der Waals surface area contributed by atoms with Gasteiger partial charge < -0.3 is 19.7 Å². The lowest BCUT2D eigenvalue weighted by Gasteiger charge is -2.34. The third-order valence-corrected chi connectivity index (χ3v) is 5.64. The van der Waals surface area contributed by atoms with E-state index in [2.05, 4.69) is 16.4 Å². The first-order valence-electron chi connectivity index (χ1n) is 9.96. The Hall–Kier alpha value is -2.60. The Morgan fingerprint density at radius 2 is 2.14 bits per heavy atom. The molecule has 0 spiro atoms. The van der Waals surface area contributed by atoms with Gasteiger partial charge in [-0.2, -0.15) is 0 Å². The van der Waals surface area contributed by atoms with E-state index >= 15 is 0 Å². The number of likely N-dealkylation sites (tertiary alicyclic amines) is 1. The van der Waals surface area contributed by atoms with Gasteiger partial charge in [0.25, 0.3) is 5.91 Å². The third kappa shape index (κ3) is 4.12. The molecule has 148 valence electrons. The van der Waals surface area contributed by atoms with E-state index in [4.69, 9.17) is 9.47 Å². The van der Waals surface area contributed by atoms with Crippen LogP contribution in [-0.4, -0.2) is 55.2 Å². The maximum Gasteiger partial charge on any atom is 0.255 e. The van der Waals surface area contributed by atoms with Gasteiger partial charge >= 0.3 is 0 Å². The van der Waals surface area contributed by atoms with E-state index < -0.39 is 0 Å². The molecule has 1 aromatic carbocycles. The summed E-state index contributed by atoms with van der Waals surface area (Å²) in [6.45, 7) is 3.20. The molecular weight excluding hydrogens is 354 g/mol. The van der Waals surface area contributed by atoms with Crippen molar-refractivity contribution >= 4 is 5.91 Å². The summed E-state index contributed by atoms with van der Waals surface area (Å²) in [4.78, 5) is 18.5. The van der Waals surface area contributed by atoms with Crippen molar-refractivity contribution in [2.45, 2.75) is 25.3 Å². The lowest BCUT2D eigenvalue weighted by atomic mass is 9.95. The summed E-state index contributed by atoms with van der Waals surface area (Å²) in [7, 11) is 1.68. The van der Waals surface area contributed by atoms with Crippen molar-refractivity contribution in [3.8, 4) is 11.5 Å². The molecule has 0 radical (unpaired) electrons. The molecule has 1 amide bonds. The number of amides is 1. The van der Waals surface area contributed by atoms with Crippen LogP contribution in [0.2, 0.25) is 0 Å². The maximum atomic E-state index is 12.5. The summed E-state index contributed by atoms with van der Waals surface area (Å²) in [5.74, 6) is 2.24. The summed E-state index contributed by atoms with van der Waals surface area (Å²) in [5.41, 5.74) is 1.89. The van der Waals surface area contributed by atoms with Crippen molar-refractivity contribution in [3.63, 3.8) is 0 Å². The molecule has 0 saturated carbocycles. The number of benzene rings is 1. The molecule has 6 nitrogen and oxygen atoms in total. The molecule has 0 aliphatic carbocycles. The van der Waals surface area contributed by atoms with E-state index in [1.807, 2.05) is 29.2 Å². The number of rotatable bonds is 5. The first kappa shape index (κ1) is 18.7. The summed E-state index contributed by atoms with van der Waals surface area (Å²) in [5, 5.41) is 3.69. The Morgan fingerprint density at radius 1 is 1.29 bits per heavy atom. The predicted octanol–water partition coefficient (Wildman–Crippen LogP) is 2.54. The van der Waals surface area contributed by atoms with Crippen LogP contribution in [0.5, 0.6) is 11.5 Å². The number of pyridine rings is 1. The summed E-state index contributed by atoms with van der Waals surface area (Å²) in [6, 6.07) is 10.2. The van der Waals surface area contributed by atoms with E-state index in [0.717, 1.165) is 50.4 Å². The fraction of sp³-hybridized carbons (Fsp3) is 0.455. The monoisotopic (exact) mass is 381 g/mol. The second kappa shape index (κ2) is 8.61. The Balaban J connectivity index is 1.24. The van der Waals surface area contributed by atoms with E-state index in [9.17, 15) is 4.79 Å². The van der Waals surface area contributed by atoms with Crippen LogP contribution in [0.1, 0.15) is 28.8 Å².